The van der Waals surface area contributed by atoms with Crippen LogP contribution in [0.2, 0.25) is 5.02 Å². The average molecular weight is 818 g/mol. The number of carbonyl (C=O) groups is 2. The lowest BCUT2D eigenvalue weighted by Gasteiger charge is -2.25. The van der Waals surface area contributed by atoms with Gasteiger partial charge in [-0.05, 0) is 125 Å². The second-order valence-electron chi connectivity index (χ2n) is 10.8. The van der Waals surface area contributed by atoms with Gasteiger partial charge in [0.25, 0.3) is 11.5 Å². The number of anilines is 1. The molecule has 9 nitrogen and oxygen atoms in total. The molecule has 5 rings (SSSR count). The maximum Gasteiger partial charge on any atom is 0.338 e. The molecule has 0 bridgehead atoms. The van der Waals surface area contributed by atoms with Gasteiger partial charge < -0.3 is 19.5 Å². The lowest BCUT2D eigenvalue weighted by atomic mass is 9.96. The molecular weight excluding hydrogens is 786 g/mol. The van der Waals surface area contributed by atoms with Gasteiger partial charge in [-0.25, -0.2) is 9.79 Å². The topological polar surface area (TPSA) is 108 Å². The number of aryl methyl sites for hydroxylation is 2. The first kappa shape index (κ1) is 35.6. The standard InChI is InChI=1S/C35H32Br2ClN3O6S/c1-6-45-27-15-21(14-24(37)32(27)47-17-29(42)40-26-13-19(4)18(3)12-23(26)36)16-28-33(43)41-31(22-10-8-9-11-25(22)38)30(34(44)46-7-2)20(5)39-35(41)48-28/h8-16,31H,6-7,17H2,1-5H3,(H,40,42)/b28-16+/t31-/m1/s1. The van der Waals surface area contributed by atoms with Crippen molar-refractivity contribution in [2.45, 2.75) is 40.7 Å². The fraction of sp³-hybridized carbons (Fsp3) is 0.257. The van der Waals surface area contributed by atoms with Gasteiger partial charge in [0, 0.05) is 9.50 Å². The van der Waals surface area contributed by atoms with Crippen LogP contribution in [0.5, 0.6) is 11.5 Å². The maximum atomic E-state index is 14.0. The van der Waals surface area contributed by atoms with E-state index in [1.807, 2.05) is 32.9 Å². The third kappa shape index (κ3) is 7.46. The van der Waals surface area contributed by atoms with Crippen molar-refractivity contribution in [3.8, 4) is 11.5 Å². The van der Waals surface area contributed by atoms with E-state index in [4.69, 9.17) is 25.8 Å². The summed E-state index contributed by atoms with van der Waals surface area (Å²) in [6.07, 6.45) is 1.72. The van der Waals surface area contributed by atoms with E-state index < -0.39 is 12.0 Å². The van der Waals surface area contributed by atoms with Gasteiger partial charge in [0.15, 0.2) is 22.9 Å². The highest BCUT2D eigenvalue weighted by atomic mass is 79.9. The molecule has 0 unspecified atom stereocenters. The largest absolute Gasteiger partial charge is 0.490 e. The number of fused-ring (bicyclic) bond motifs is 1. The molecule has 13 heteroatoms. The minimum Gasteiger partial charge on any atom is -0.490 e. The average Bonchev–Trinajstić information content (AvgIpc) is 3.33. The summed E-state index contributed by atoms with van der Waals surface area (Å²) in [5, 5.41) is 3.28. The minimum absolute atomic E-state index is 0.168. The number of esters is 1. The first-order valence-corrected chi connectivity index (χ1v) is 17.8. The summed E-state index contributed by atoms with van der Waals surface area (Å²) in [7, 11) is 0. The Labute approximate surface area is 303 Å². The van der Waals surface area contributed by atoms with Gasteiger partial charge in [-0.1, -0.05) is 41.1 Å². The van der Waals surface area contributed by atoms with Crippen molar-refractivity contribution in [3.63, 3.8) is 0 Å². The summed E-state index contributed by atoms with van der Waals surface area (Å²) in [5.41, 5.74) is 4.38. The van der Waals surface area contributed by atoms with E-state index in [2.05, 4.69) is 42.2 Å². The van der Waals surface area contributed by atoms with E-state index in [9.17, 15) is 14.4 Å². The molecule has 2 heterocycles. The Bertz CT molecular complexity index is 2140. The molecule has 1 aliphatic rings. The van der Waals surface area contributed by atoms with Crippen LogP contribution in [0.1, 0.15) is 49.1 Å². The second-order valence-corrected chi connectivity index (χ2v) is 14.0. The normalized spacial score (nSPS) is 14.3. The highest BCUT2D eigenvalue weighted by Gasteiger charge is 2.34. The van der Waals surface area contributed by atoms with Gasteiger partial charge in [0.1, 0.15) is 6.04 Å². The Hall–Kier alpha value is -3.71. The number of halogens is 3. The quantitative estimate of drug-likeness (QED) is 0.173. The summed E-state index contributed by atoms with van der Waals surface area (Å²) >= 11 is 14.9. The predicted octanol–water partition coefficient (Wildman–Crippen LogP) is 7.01. The summed E-state index contributed by atoms with van der Waals surface area (Å²) in [4.78, 5) is 45.1. The fourth-order valence-corrected chi connectivity index (χ4v) is 7.63. The number of ether oxygens (including phenoxy) is 3. The zero-order chi connectivity index (χ0) is 34.7. The smallest absolute Gasteiger partial charge is 0.338 e. The van der Waals surface area contributed by atoms with E-state index in [1.165, 1.54) is 15.9 Å². The van der Waals surface area contributed by atoms with Crippen molar-refractivity contribution in [2.24, 2.45) is 4.99 Å². The third-order valence-corrected chi connectivity index (χ3v) is 10.1. The summed E-state index contributed by atoms with van der Waals surface area (Å²) < 4.78 is 20.3. The molecule has 0 saturated heterocycles. The molecule has 48 heavy (non-hydrogen) atoms. The number of benzene rings is 3. The van der Waals surface area contributed by atoms with Crippen molar-refractivity contribution in [2.75, 3.05) is 25.1 Å². The van der Waals surface area contributed by atoms with Gasteiger partial charge in [0.05, 0.1) is 39.2 Å². The van der Waals surface area contributed by atoms with Crippen LogP contribution >= 0.6 is 54.8 Å². The monoisotopic (exact) mass is 815 g/mol. The van der Waals surface area contributed by atoms with Crippen LogP contribution in [0.15, 0.2) is 78.5 Å². The van der Waals surface area contributed by atoms with Crippen LogP contribution in [0.3, 0.4) is 0 Å². The first-order valence-electron chi connectivity index (χ1n) is 15.0. The fourth-order valence-electron chi connectivity index (χ4n) is 5.21. The van der Waals surface area contributed by atoms with Gasteiger partial charge >= 0.3 is 5.97 Å². The summed E-state index contributed by atoms with van der Waals surface area (Å²) in [6.45, 7) is 9.49. The highest BCUT2D eigenvalue weighted by molar-refractivity contribution is 9.11. The number of nitrogens with zero attached hydrogens (tertiary/aromatic N) is 2. The Morgan fingerprint density at radius 2 is 1.75 bits per heavy atom. The number of nitrogens with one attached hydrogen (secondary N) is 1. The van der Waals surface area contributed by atoms with E-state index in [0.29, 0.717) is 59.4 Å². The number of thiazole rings is 1. The van der Waals surface area contributed by atoms with Crippen LogP contribution in [0, 0.1) is 13.8 Å². The van der Waals surface area contributed by atoms with Crippen molar-refractivity contribution < 1.29 is 23.8 Å². The maximum absolute atomic E-state index is 14.0. The van der Waals surface area contributed by atoms with Crippen LogP contribution < -0.4 is 29.7 Å². The molecular formula is C35H32Br2ClN3O6S. The Balaban J connectivity index is 1.50. The molecule has 4 aromatic rings. The molecule has 0 spiro atoms. The SMILES string of the molecule is CCOC(=O)C1=C(C)N=c2s/c(=C/c3cc(Br)c(OCC(=O)Nc4cc(C)c(C)cc4Br)c(OCC)c3)c(=O)n2[C@@H]1c1ccccc1Cl. The van der Waals surface area contributed by atoms with Gasteiger partial charge in [-0.2, -0.15) is 0 Å². The van der Waals surface area contributed by atoms with Crippen molar-refractivity contribution in [1.82, 2.24) is 4.57 Å². The number of amides is 1. The lowest BCUT2D eigenvalue weighted by molar-refractivity contribution is -0.139. The van der Waals surface area contributed by atoms with E-state index >= 15 is 0 Å². The van der Waals surface area contributed by atoms with E-state index in [-0.39, 0.29) is 30.3 Å². The summed E-state index contributed by atoms with van der Waals surface area (Å²) in [5.74, 6) is -0.170. The van der Waals surface area contributed by atoms with Crippen molar-refractivity contribution in [3.05, 3.63) is 116 Å². The molecule has 1 amide bonds. The zero-order valence-electron chi connectivity index (χ0n) is 26.8. The van der Waals surface area contributed by atoms with Gasteiger partial charge in [-0.15, -0.1) is 0 Å². The number of hydrogen-bond acceptors (Lipinski definition) is 8. The number of hydrogen-bond donors (Lipinski definition) is 1. The highest BCUT2D eigenvalue weighted by Crippen LogP contribution is 2.38. The number of carbonyl (C=O) groups excluding carboxylic acids is 2. The van der Waals surface area contributed by atoms with Crippen molar-refractivity contribution in [1.29, 1.82) is 0 Å². The minimum atomic E-state index is -0.826. The number of rotatable bonds is 10. The molecule has 1 N–H and O–H groups in total. The third-order valence-electron chi connectivity index (χ3n) is 7.55. The van der Waals surface area contributed by atoms with Crippen LogP contribution in [0.25, 0.3) is 6.08 Å². The van der Waals surface area contributed by atoms with Crippen LogP contribution in [-0.4, -0.2) is 36.3 Å². The molecule has 0 aliphatic carbocycles. The van der Waals surface area contributed by atoms with Gasteiger partial charge in [0.2, 0.25) is 0 Å². The molecule has 3 aromatic carbocycles. The molecule has 250 valence electrons. The molecule has 1 aliphatic heterocycles. The zero-order valence-corrected chi connectivity index (χ0v) is 31.5. The van der Waals surface area contributed by atoms with Crippen molar-refractivity contribution >= 4 is 78.4 Å². The molecule has 1 aromatic heterocycles. The lowest BCUT2D eigenvalue weighted by Crippen LogP contribution is -2.40. The molecule has 0 saturated carbocycles. The first-order chi connectivity index (χ1) is 22.9. The molecule has 1 atom stereocenters. The molecule has 0 fully saturated rings. The van der Waals surface area contributed by atoms with Gasteiger partial charge in [-0.3, -0.25) is 14.2 Å². The second kappa shape index (κ2) is 15.2. The molecule has 0 radical (unpaired) electrons. The van der Waals surface area contributed by atoms with Crippen LogP contribution in [0.4, 0.5) is 5.69 Å². The van der Waals surface area contributed by atoms with E-state index in [0.717, 1.165) is 15.6 Å². The Kier molecular flexibility index (Phi) is 11.3. The van der Waals surface area contributed by atoms with E-state index in [1.54, 1.807) is 56.3 Å². The Morgan fingerprint density at radius 3 is 2.46 bits per heavy atom. The van der Waals surface area contributed by atoms with Crippen LogP contribution in [-0.2, 0) is 14.3 Å². The predicted molar refractivity (Wildman–Crippen MR) is 195 cm³/mol. The summed E-state index contributed by atoms with van der Waals surface area (Å²) in [6, 6.07) is 13.6. The number of allylic oxidation sites excluding steroid dienone is 1. The number of aromatic nitrogens is 1. The Morgan fingerprint density at radius 1 is 1.02 bits per heavy atom.